The molecule has 2 saturated heterocycles. The molecule has 2 heterocycles. The molecular formula is C15H27N3O2. The number of amides is 2. The third-order valence-electron chi connectivity index (χ3n) is 4.52. The predicted molar refractivity (Wildman–Crippen MR) is 78.3 cm³/mol. The van der Waals surface area contributed by atoms with Crippen LogP contribution < -0.4 is 10.6 Å². The fraction of sp³-hybridized carbons (Fsp3) is 0.867. The van der Waals surface area contributed by atoms with Crippen molar-refractivity contribution in [1.82, 2.24) is 15.5 Å². The van der Waals surface area contributed by atoms with E-state index >= 15 is 0 Å². The zero-order valence-electron chi connectivity index (χ0n) is 12.7. The molecule has 0 aromatic rings. The smallest absolute Gasteiger partial charge is 0.242 e. The largest absolute Gasteiger partial charge is 0.353 e. The number of likely N-dealkylation sites (tertiary alicyclic amines) is 1. The number of nitrogens with zero attached hydrogens (tertiary/aromatic N) is 1. The van der Waals surface area contributed by atoms with E-state index in [2.05, 4.69) is 17.6 Å². The Morgan fingerprint density at radius 3 is 2.55 bits per heavy atom. The van der Waals surface area contributed by atoms with Crippen LogP contribution >= 0.6 is 0 Å². The summed E-state index contributed by atoms with van der Waals surface area (Å²) in [4.78, 5) is 25.9. The van der Waals surface area contributed by atoms with E-state index in [1.54, 1.807) is 6.92 Å². The van der Waals surface area contributed by atoms with E-state index in [4.69, 9.17) is 0 Å². The van der Waals surface area contributed by atoms with Crippen LogP contribution in [0.15, 0.2) is 0 Å². The Bertz CT molecular complexity index is 356. The Kier molecular flexibility index (Phi) is 5.02. The van der Waals surface area contributed by atoms with E-state index in [1.165, 1.54) is 0 Å². The Hall–Kier alpha value is -1.10. The van der Waals surface area contributed by atoms with Crippen molar-refractivity contribution in [3.63, 3.8) is 0 Å². The topological polar surface area (TPSA) is 61.4 Å². The maximum atomic E-state index is 12.8. The summed E-state index contributed by atoms with van der Waals surface area (Å²) in [7, 11) is 0. The third-order valence-corrected chi connectivity index (χ3v) is 4.52. The van der Waals surface area contributed by atoms with E-state index in [9.17, 15) is 9.59 Å². The number of nitrogens with one attached hydrogen (secondary N) is 2. The van der Waals surface area contributed by atoms with Gasteiger partial charge in [-0.1, -0.05) is 13.3 Å². The maximum Gasteiger partial charge on any atom is 0.242 e. The van der Waals surface area contributed by atoms with Gasteiger partial charge in [-0.25, -0.2) is 0 Å². The summed E-state index contributed by atoms with van der Waals surface area (Å²) in [6.07, 6.45) is 5.75. The van der Waals surface area contributed by atoms with Crippen molar-refractivity contribution in [3.8, 4) is 0 Å². The van der Waals surface area contributed by atoms with Crippen LogP contribution in [0.3, 0.4) is 0 Å². The molecule has 5 heteroatoms. The van der Waals surface area contributed by atoms with E-state index in [0.717, 1.165) is 58.2 Å². The summed E-state index contributed by atoms with van der Waals surface area (Å²) >= 11 is 0. The minimum atomic E-state index is -0.310. The summed E-state index contributed by atoms with van der Waals surface area (Å²) in [5.74, 6) is 0.299. The zero-order chi connectivity index (χ0) is 14.6. The number of hydrogen-bond donors (Lipinski definition) is 2. The molecule has 0 radical (unpaired) electrons. The van der Waals surface area contributed by atoms with Crippen LogP contribution in [0.1, 0.15) is 52.4 Å². The van der Waals surface area contributed by atoms with Crippen LogP contribution in [-0.4, -0.2) is 47.9 Å². The summed E-state index contributed by atoms with van der Waals surface area (Å²) in [5.41, 5.74) is -0.310. The number of carbonyl (C=O) groups is 2. The van der Waals surface area contributed by atoms with Crippen LogP contribution in [-0.2, 0) is 9.59 Å². The SMILES string of the molecule is CCCC1(C(=O)N2CCC(NC(C)=O)CC2)CCCN1. The predicted octanol–water partition coefficient (Wildman–Crippen LogP) is 1.04. The normalized spacial score (nSPS) is 27.6. The Morgan fingerprint density at radius 1 is 1.35 bits per heavy atom. The van der Waals surface area contributed by atoms with Gasteiger partial charge in [-0.15, -0.1) is 0 Å². The summed E-state index contributed by atoms with van der Waals surface area (Å²) in [6.45, 7) is 6.16. The van der Waals surface area contributed by atoms with Gasteiger partial charge in [-0.2, -0.15) is 0 Å². The summed E-state index contributed by atoms with van der Waals surface area (Å²) in [5, 5.41) is 6.40. The van der Waals surface area contributed by atoms with Crippen LogP contribution in [0, 0.1) is 0 Å². The molecule has 2 aliphatic rings. The number of rotatable bonds is 4. The Morgan fingerprint density at radius 2 is 2.05 bits per heavy atom. The van der Waals surface area contributed by atoms with Gasteiger partial charge in [-0.3, -0.25) is 9.59 Å². The molecular weight excluding hydrogens is 254 g/mol. The molecule has 2 aliphatic heterocycles. The molecule has 0 spiro atoms. The van der Waals surface area contributed by atoms with Crippen molar-refractivity contribution in [2.75, 3.05) is 19.6 Å². The minimum absolute atomic E-state index is 0.0229. The second-order valence-electron chi connectivity index (χ2n) is 6.13. The second kappa shape index (κ2) is 6.57. The highest BCUT2D eigenvalue weighted by Gasteiger charge is 2.43. The average molecular weight is 281 g/mol. The van der Waals surface area contributed by atoms with Gasteiger partial charge in [0.25, 0.3) is 0 Å². The van der Waals surface area contributed by atoms with Crippen LogP contribution in [0.2, 0.25) is 0 Å². The van der Waals surface area contributed by atoms with Gasteiger partial charge in [0.2, 0.25) is 11.8 Å². The standard InChI is InChI=1S/C15H27N3O2/c1-3-7-15(8-4-9-16-15)14(20)18-10-5-13(6-11-18)17-12(2)19/h13,16H,3-11H2,1-2H3,(H,17,19). The van der Waals surface area contributed by atoms with Gasteiger partial charge < -0.3 is 15.5 Å². The molecule has 114 valence electrons. The molecule has 0 aromatic carbocycles. The van der Waals surface area contributed by atoms with Crippen molar-refractivity contribution in [1.29, 1.82) is 0 Å². The molecule has 20 heavy (non-hydrogen) atoms. The van der Waals surface area contributed by atoms with Gasteiger partial charge in [0, 0.05) is 26.1 Å². The molecule has 0 aliphatic carbocycles. The highest BCUT2D eigenvalue weighted by Crippen LogP contribution is 2.28. The van der Waals surface area contributed by atoms with Crippen molar-refractivity contribution >= 4 is 11.8 Å². The monoisotopic (exact) mass is 281 g/mol. The van der Waals surface area contributed by atoms with Crippen LogP contribution in [0.5, 0.6) is 0 Å². The molecule has 2 rings (SSSR count). The molecule has 2 N–H and O–H groups in total. The molecule has 0 bridgehead atoms. The highest BCUT2D eigenvalue weighted by atomic mass is 16.2. The maximum absolute atomic E-state index is 12.8. The number of carbonyl (C=O) groups excluding carboxylic acids is 2. The Balaban J connectivity index is 1.92. The third kappa shape index (κ3) is 3.32. The number of hydrogen-bond acceptors (Lipinski definition) is 3. The first kappa shape index (κ1) is 15.3. The highest BCUT2D eigenvalue weighted by molar-refractivity contribution is 5.87. The molecule has 0 aromatic heterocycles. The van der Waals surface area contributed by atoms with Crippen molar-refractivity contribution in [2.24, 2.45) is 0 Å². The van der Waals surface area contributed by atoms with Crippen molar-refractivity contribution < 1.29 is 9.59 Å². The first-order chi connectivity index (χ1) is 9.57. The van der Waals surface area contributed by atoms with Crippen LogP contribution in [0.4, 0.5) is 0 Å². The van der Waals surface area contributed by atoms with E-state index in [1.807, 2.05) is 4.90 Å². The fourth-order valence-corrected chi connectivity index (χ4v) is 3.55. The summed E-state index contributed by atoms with van der Waals surface area (Å²) < 4.78 is 0. The first-order valence-corrected chi connectivity index (χ1v) is 7.89. The first-order valence-electron chi connectivity index (χ1n) is 7.89. The van der Waals surface area contributed by atoms with E-state index in [0.29, 0.717) is 0 Å². The molecule has 0 saturated carbocycles. The van der Waals surface area contributed by atoms with Gasteiger partial charge in [0.1, 0.15) is 0 Å². The number of piperidine rings is 1. The summed E-state index contributed by atoms with van der Waals surface area (Å²) in [6, 6.07) is 0.232. The average Bonchev–Trinajstić information content (AvgIpc) is 2.88. The van der Waals surface area contributed by atoms with E-state index < -0.39 is 0 Å². The van der Waals surface area contributed by atoms with Gasteiger partial charge in [0.15, 0.2) is 0 Å². The van der Waals surface area contributed by atoms with Gasteiger partial charge in [-0.05, 0) is 38.6 Å². The van der Waals surface area contributed by atoms with E-state index in [-0.39, 0.29) is 23.4 Å². The van der Waals surface area contributed by atoms with Crippen LogP contribution in [0.25, 0.3) is 0 Å². The Labute approximate surface area is 121 Å². The second-order valence-corrected chi connectivity index (χ2v) is 6.13. The lowest BCUT2D eigenvalue weighted by Crippen LogP contribution is -2.57. The lowest BCUT2D eigenvalue weighted by atomic mass is 9.89. The molecule has 1 atom stereocenters. The van der Waals surface area contributed by atoms with Gasteiger partial charge >= 0.3 is 0 Å². The molecule has 1 unspecified atom stereocenters. The van der Waals surface area contributed by atoms with Gasteiger partial charge in [0.05, 0.1) is 5.54 Å². The molecule has 2 amide bonds. The molecule has 5 nitrogen and oxygen atoms in total. The fourth-order valence-electron chi connectivity index (χ4n) is 3.55. The van der Waals surface area contributed by atoms with Crippen molar-refractivity contribution in [3.05, 3.63) is 0 Å². The quantitative estimate of drug-likeness (QED) is 0.809. The zero-order valence-corrected chi connectivity index (χ0v) is 12.7. The molecule has 2 fully saturated rings. The van der Waals surface area contributed by atoms with Crippen molar-refractivity contribution in [2.45, 2.75) is 64.0 Å². The lowest BCUT2D eigenvalue weighted by molar-refractivity contribution is -0.139. The lowest BCUT2D eigenvalue weighted by Gasteiger charge is -2.38. The minimum Gasteiger partial charge on any atom is -0.353 e.